The maximum absolute atomic E-state index is 12.5. The molecule has 6 heteroatoms. The monoisotopic (exact) mass is 282 g/mol. The molecule has 0 saturated heterocycles. The Morgan fingerprint density at radius 3 is 2.35 bits per heavy atom. The molecule has 2 rings (SSSR count). The Labute approximate surface area is 114 Å². The summed E-state index contributed by atoms with van der Waals surface area (Å²) in [4.78, 5) is 10.8. The molecule has 0 radical (unpaired) electrons. The topological polar surface area (TPSA) is 34.9 Å². The summed E-state index contributed by atoms with van der Waals surface area (Å²) in [5, 5.41) is 4.22. The van der Waals surface area contributed by atoms with Crippen LogP contribution in [0, 0.1) is 6.92 Å². The molecule has 1 aromatic heterocycles. The van der Waals surface area contributed by atoms with E-state index in [4.69, 9.17) is 0 Å². The highest BCUT2D eigenvalue weighted by Gasteiger charge is 2.30. The number of aryl methyl sites for hydroxylation is 1. The molecule has 0 aliphatic heterocycles. The second-order valence-corrected chi connectivity index (χ2v) is 4.58. The number of hydrogen-bond acceptors (Lipinski definition) is 2. The summed E-state index contributed by atoms with van der Waals surface area (Å²) in [6.45, 7) is 3.50. The second-order valence-electron chi connectivity index (χ2n) is 4.58. The van der Waals surface area contributed by atoms with Crippen molar-refractivity contribution in [1.29, 1.82) is 0 Å². The molecule has 0 aliphatic carbocycles. The van der Waals surface area contributed by atoms with Crippen molar-refractivity contribution in [2.45, 2.75) is 25.9 Å². The minimum atomic E-state index is -4.35. The van der Waals surface area contributed by atoms with Crippen LogP contribution < -0.4 is 0 Å². The molecule has 0 fully saturated rings. The average molecular weight is 282 g/mol. The van der Waals surface area contributed by atoms with Gasteiger partial charge in [0.15, 0.2) is 0 Å². The van der Waals surface area contributed by atoms with Crippen LogP contribution in [0.2, 0.25) is 0 Å². The minimum Gasteiger partial charge on any atom is -0.303 e. The normalized spacial score (nSPS) is 13.2. The molecule has 1 aromatic carbocycles. The van der Waals surface area contributed by atoms with Gasteiger partial charge in [0.05, 0.1) is 16.9 Å². The second kappa shape index (κ2) is 5.11. The maximum Gasteiger partial charge on any atom is 0.416 e. The van der Waals surface area contributed by atoms with Gasteiger partial charge in [0.25, 0.3) is 0 Å². The number of carbonyl (C=O) groups is 1. The van der Waals surface area contributed by atoms with E-state index in [2.05, 4.69) is 5.10 Å². The third-order valence-electron chi connectivity index (χ3n) is 3.09. The number of nitrogens with zero attached hydrogens (tertiary/aromatic N) is 2. The summed E-state index contributed by atoms with van der Waals surface area (Å²) >= 11 is 0. The molecule has 0 spiro atoms. The third-order valence-corrected chi connectivity index (χ3v) is 3.09. The standard InChI is InChI=1S/C14H13F3N2O/c1-9(8-20)13-7-19(18-10(13)2)12-5-3-11(4-6-12)14(15,16)17/h3-9H,1-2H3. The van der Waals surface area contributed by atoms with Gasteiger partial charge >= 0.3 is 6.18 Å². The Morgan fingerprint density at radius 1 is 1.25 bits per heavy atom. The maximum atomic E-state index is 12.5. The predicted octanol–water partition coefficient (Wildman–Crippen LogP) is 3.50. The molecule has 20 heavy (non-hydrogen) atoms. The highest BCUT2D eigenvalue weighted by atomic mass is 19.4. The van der Waals surface area contributed by atoms with E-state index < -0.39 is 11.7 Å². The van der Waals surface area contributed by atoms with Crippen molar-refractivity contribution in [3.8, 4) is 5.69 Å². The Hall–Kier alpha value is -2.11. The van der Waals surface area contributed by atoms with Gasteiger partial charge in [0, 0.05) is 17.7 Å². The zero-order valence-corrected chi connectivity index (χ0v) is 11.0. The molecular weight excluding hydrogens is 269 g/mol. The lowest BCUT2D eigenvalue weighted by molar-refractivity contribution is -0.137. The Morgan fingerprint density at radius 2 is 1.85 bits per heavy atom. The van der Waals surface area contributed by atoms with Crippen LogP contribution in [-0.4, -0.2) is 16.1 Å². The lowest BCUT2D eigenvalue weighted by Crippen LogP contribution is -2.05. The van der Waals surface area contributed by atoms with Gasteiger partial charge in [0.2, 0.25) is 0 Å². The lowest BCUT2D eigenvalue weighted by Gasteiger charge is -2.07. The summed E-state index contributed by atoms with van der Waals surface area (Å²) < 4.78 is 38.9. The van der Waals surface area contributed by atoms with E-state index in [0.29, 0.717) is 11.4 Å². The van der Waals surface area contributed by atoms with Crippen molar-refractivity contribution in [2.75, 3.05) is 0 Å². The summed E-state index contributed by atoms with van der Waals surface area (Å²) in [7, 11) is 0. The highest BCUT2D eigenvalue weighted by molar-refractivity contribution is 5.62. The van der Waals surface area contributed by atoms with Crippen LogP contribution in [0.3, 0.4) is 0 Å². The Kier molecular flexibility index (Phi) is 3.65. The Bertz CT molecular complexity index is 614. The molecule has 106 valence electrons. The van der Waals surface area contributed by atoms with Gasteiger partial charge in [-0.15, -0.1) is 0 Å². The smallest absolute Gasteiger partial charge is 0.303 e. The molecule has 0 bridgehead atoms. The first-order valence-electron chi connectivity index (χ1n) is 6.02. The van der Waals surface area contributed by atoms with Crippen LogP contribution in [-0.2, 0) is 11.0 Å². The molecule has 1 atom stereocenters. The number of hydrogen-bond donors (Lipinski definition) is 0. The summed E-state index contributed by atoms with van der Waals surface area (Å²) in [5.74, 6) is -0.293. The molecule has 1 unspecified atom stereocenters. The first-order chi connectivity index (χ1) is 9.32. The molecule has 0 saturated carbocycles. The van der Waals surface area contributed by atoms with Crippen LogP contribution in [0.25, 0.3) is 5.69 Å². The van der Waals surface area contributed by atoms with Crippen molar-refractivity contribution < 1.29 is 18.0 Å². The third kappa shape index (κ3) is 2.74. The van der Waals surface area contributed by atoms with Crippen molar-refractivity contribution in [3.05, 3.63) is 47.3 Å². The van der Waals surface area contributed by atoms with Crippen LogP contribution in [0.4, 0.5) is 13.2 Å². The van der Waals surface area contributed by atoms with E-state index in [1.807, 2.05) is 0 Å². The number of benzene rings is 1. The van der Waals surface area contributed by atoms with Gasteiger partial charge < -0.3 is 4.79 Å². The van der Waals surface area contributed by atoms with Crippen molar-refractivity contribution in [3.63, 3.8) is 0 Å². The fourth-order valence-corrected chi connectivity index (χ4v) is 1.93. The number of carbonyl (C=O) groups excluding carboxylic acids is 1. The average Bonchev–Trinajstić information content (AvgIpc) is 2.79. The van der Waals surface area contributed by atoms with E-state index >= 15 is 0 Å². The van der Waals surface area contributed by atoms with Gasteiger partial charge in [-0.3, -0.25) is 0 Å². The fourth-order valence-electron chi connectivity index (χ4n) is 1.93. The summed E-state index contributed by atoms with van der Waals surface area (Å²) in [6.07, 6.45) is -1.88. The van der Waals surface area contributed by atoms with Gasteiger partial charge in [-0.25, -0.2) is 4.68 Å². The van der Waals surface area contributed by atoms with E-state index in [-0.39, 0.29) is 5.92 Å². The minimum absolute atomic E-state index is 0.293. The van der Waals surface area contributed by atoms with E-state index in [1.165, 1.54) is 16.8 Å². The number of halogens is 3. The molecule has 0 amide bonds. The predicted molar refractivity (Wildman–Crippen MR) is 67.8 cm³/mol. The SMILES string of the molecule is Cc1nn(-c2ccc(C(F)(F)F)cc2)cc1C(C)C=O. The number of rotatable bonds is 3. The van der Waals surface area contributed by atoms with Crippen LogP contribution in [0.5, 0.6) is 0 Å². The fraction of sp³-hybridized carbons (Fsp3) is 0.286. The van der Waals surface area contributed by atoms with Gasteiger partial charge in [-0.05, 0) is 31.2 Å². The zero-order chi connectivity index (χ0) is 14.9. The van der Waals surface area contributed by atoms with Crippen LogP contribution in [0.1, 0.15) is 29.7 Å². The lowest BCUT2D eigenvalue weighted by atomic mass is 10.0. The van der Waals surface area contributed by atoms with E-state index in [9.17, 15) is 18.0 Å². The number of alkyl halides is 3. The van der Waals surface area contributed by atoms with Gasteiger partial charge in [0.1, 0.15) is 6.29 Å². The first-order valence-corrected chi connectivity index (χ1v) is 6.02. The number of aldehydes is 1. The van der Waals surface area contributed by atoms with Gasteiger partial charge in [-0.1, -0.05) is 6.92 Å². The molecule has 3 nitrogen and oxygen atoms in total. The van der Waals surface area contributed by atoms with Crippen molar-refractivity contribution >= 4 is 6.29 Å². The first kappa shape index (κ1) is 14.3. The largest absolute Gasteiger partial charge is 0.416 e. The zero-order valence-electron chi connectivity index (χ0n) is 11.0. The quantitative estimate of drug-likeness (QED) is 0.807. The summed E-state index contributed by atoms with van der Waals surface area (Å²) in [5.41, 5.74) is 1.27. The van der Waals surface area contributed by atoms with Gasteiger partial charge in [-0.2, -0.15) is 18.3 Å². The molecule has 0 aliphatic rings. The van der Waals surface area contributed by atoms with E-state index in [0.717, 1.165) is 24.0 Å². The Balaban J connectivity index is 2.35. The molecular formula is C14H13F3N2O. The molecule has 2 aromatic rings. The number of aromatic nitrogens is 2. The van der Waals surface area contributed by atoms with Crippen molar-refractivity contribution in [1.82, 2.24) is 9.78 Å². The highest BCUT2D eigenvalue weighted by Crippen LogP contribution is 2.29. The molecule has 1 heterocycles. The van der Waals surface area contributed by atoms with E-state index in [1.54, 1.807) is 20.0 Å². The van der Waals surface area contributed by atoms with Crippen LogP contribution in [0.15, 0.2) is 30.5 Å². The summed E-state index contributed by atoms with van der Waals surface area (Å²) in [6, 6.07) is 4.72. The van der Waals surface area contributed by atoms with Crippen molar-refractivity contribution in [2.24, 2.45) is 0 Å². The van der Waals surface area contributed by atoms with Crippen LogP contribution >= 0.6 is 0 Å². The molecule has 0 N–H and O–H groups in total.